The molecule has 1 amide bonds. The maximum atomic E-state index is 12.0. The van der Waals surface area contributed by atoms with E-state index in [1.54, 1.807) is 0 Å². The number of carbonyl (C=O) groups excluding carboxylic acids is 1. The Morgan fingerprint density at radius 1 is 1.27 bits per heavy atom. The van der Waals surface area contributed by atoms with Crippen LogP contribution in [0.1, 0.15) is 10.5 Å². The maximum absolute atomic E-state index is 12.0. The second kappa shape index (κ2) is 5.90. The Balaban J connectivity index is 1.80. The molecule has 3 rings (SSSR count). The van der Waals surface area contributed by atoms with Crippen LogP contribution in [0.5, 0.6) is 0 Å². The fraction of sp³-hybridized carbons (Fsp3) is 0. The summed E-state index contributed by atoms with van der Waals surface area (Å²) in [5, 5.41) is 9.22. The fourth-order valence-electron chi connectivity index (χ4n) is 1.77. The molecule has 8 nitrogen and oxygen atoms in total. The molecule has 4 N–H and O–H groups in total. The number of carbonyl (C=O) groups is 1. The van der Waals surface area contributed by atoms with E-state index in [1.807, 2.05) is 24.3 Å². The maximum Gasteiger partial charge on any atom is 0.280 e. The highest BCUT2D eigenvalue weighted by Crippen LogP contribution is 2.20. The molecule has 9 heteroatoms. The third-order valence-electron chi connectivity index (χ3n) is 2.75. The van der Waals surface area contributed by atoms with Gasteiger partial charge in [-0.1, -0.05) is 28.1 Å². The van der Waals surface area contributed by atoms with E-state index in [9.17, 15) is 4.79 Å². The van der Waals surface area contributed by atoms with Crippen LogP contribution in [0.25, 0.3) is 11.4 Å². The van der Waals surface area contributed by atoms with Gasteiger partial charge in [-0.2, -0.15) is 4.98 Å². The average Bonchev–Trinajstić information content (AvgIpc) is 2.96. The second-order valence-corrected chi connectivity index (χ2v) is 5.18. The molecule has 2 heterocycles. The highest BCUT2D eigenvalue weighted by Gasteiger charge is 2.15. The summed E-state index contributed by atoms with van der Waals surface area (Å²) in [5.41, 5.74) is 6.46. The van der Waals surface area contributed by atoms with Gasteiger partial charge in [-0.25, -0.2) is 9.97 Å². The molecule has 0 fully saturated rings. The zero-order valence-corrected chi connectivity index (χ0v) is 12.7. The molecule has 22 heavy (non-hydrogen) atoms. The molecule has 0 aliphatic rings. The number of aromatic nitrogens is 5. The monoisotopic (exact) mass is 359 g/mol. The third-order valence-corrected chi connectivity index (χ3v) is 3.24. The fourth-order valence-corrected chi connectivity index (χ4v) is 2.17. The Labute approximate surface area is 133 Å². The predicted molar refractivity (Wildman–Crippen MR) is 83.9 cm³/mol. The van der Waals surface area contributed by atoms with Gasteiger partial charge in [0.2, 0.25) is 5.95 Å². The Morgan fingerprint density at radius 2 is 2.09 bits per heavy atom. The van der Waals surface area contributed by atoms with Crippen LogP contribution in [0.4, 0.5) is 11.8 Å². The van der Waals surface area contributed by atoms with Gasteiger partial charge in [0.1, 0.15) is 0 Å². The minimum absolute atomic E-state index is 0.0244. The number of halogens is 1. The van der Waals surface area contributed by atoms with Gasteiger partial charge in [0.15, 0.2) is 17.3 Å². The first-order chi connectivity index (χ1) is 10.6. The topological polar surface area (TPSA) is 122 Å². The van der Waals surface area contributed by atoms with Crippen LogP contribution in [-0.2, 0) is 0 Å². The van der Waals surface area contributed by atoms with E-state index < -0.39 is 5.91 Å². The van der Waals surface area contributed by atoms with E-state index in [1.165, 1.54) is 12.4 Å². The summed E-state index contributed by atoms with van der Waals surface area (Å²) in [5.74, 6) is 0.182. The van der Waals surface area contributed by atoms with Gasteiger partial charge in [-0.15, -0.1) is 5.10 Å². The number of hydrogen-bond acceptors (Lipinski definition) is 6. The summed E-state index contributed by atoms with van der Waals surface area (Å²) in [7, 11) is 0. The Hall–Kier alpha value is -2.81. The molecule has 0 bridgehead atoms. The van der Waals surface area contributed by atoms with Crippen molar-refractivity contribution < 1.29 is 4.79 Å². The molecule has 0 radical (unpaired) electrons. The molecular weight excluding hydrogens is 350 g/mol. The van der Waals surface area contributed by atoms with Gasteiger partial charge in [-0.3, -0.25) is 15.2 Å². The molecule has 0 saturated heterocycles. The summed E-state index contributed by atoms with van der Waals surface area (Å²) in [4.78, 5) is 23.9. The molecule has 2 aromatic heterocycles. The molecule has 0 aliphatic carbocycles. The number of amides is 1. The van der Waals surface area contributed by atoms with Gasteiger partial charge in [-0.05, 0) is 12.1 Å². The highest BCUT2D eigenvalue weighted by molar-refractivity contribution is 9.10. The van der Waals surface area contributed by atoms with Crippen molar-refractivity contribution in [2.45, 2.75) is 0 Å². The lowest BCUT2D eigenvalue weighted by atomic mass is 10.2. The van der Waals surface area contributed by atoms with Gasteiger partial charge in [0.25, 0.3) is 5.91 Å². The standard InChI is InChI=1S/C13H10BrN7O/c14-8-3-1-2-7(6-8)11-18-13(21-20-11)19-12(22)9-10(15)17-5-4-16-9/h1-6H,(H2,15,17)(H2,18,19,20,21,22). The first kappa shape index (κ1) is 14.1. The molecule has 1 aromatic carbocycles. The van der Waals surface area contributed by atoms with Crippen LogP contribution in [0, 0.1) is 0 Å². The molecule has 0 aliphatic heterocycles. The van der Waals surface area contributed by atoms with Crippen LogP contribution in [-0.4, -0.2) is 31.1 Å². The average molecular weight is 360 g/mol. The van der Waals surface area contributed by atoms with Crippen molar-refractivity contribution in [3.05, 3.63) is 46.8 Å². The number of nitrogens with one attached hydrogen (secondary N) is 2. The van der Waals surface area contributed by atoms with Crippen molar-refractivity contribution in [1.82, 2.24) is 25.1 Å². The SMILES string of the molecule is Nc1nccnc1C(=O)Nc1n[nH]c(-c2cccc(Br)c2)n1. The van der Waals surface area contributed by atoms with Crippen LogP contribution >= 0.6 is 15.9 Å². The molecular formula is C13H10BrN7O. The number of nitrogens with zero attached hydrogens (tertiary/aromatic N) is 4. The third kappa shape index (κ3) is 2.93. The van der Waals surface area contributed by atoms with Crippen LogP contribution in [0.15, 0.2) is 41.1 Å². The molecule has 0 atom stereocenters. The van der Waals surface area contributed by atoms with Crippen molar-refractivity contribution in [2.75, 3.05) is 11.1 Å². The quantitative estimate of drug-likeness (QED) is 0.655. The summed E-state index contributed by atoms with van der Waals surface area (Å²) >= 11 is 3.38. The van der Waals surface area contributed by atoms with Crippen molar-refractivity contribution >= 4 is 33.6 Å². The zero-order chi connectivity index (χ0) is 15.5. The van der Waals surface area contributed by atoms with Crippen LogP contribution in [0.3, 0.4) is 0 Å². The summed E-state index contributed by atoms with van der Waals surface area (Å²) in [6.45, 7) is 0. The largest absolute Gasteiger partial charge is 0.382 e. The normalized spacial score (nSPS) is 10.4. The number of nitrogen functional groups attached to an aromatic ring is 1. The summed E-state index contributed by atoms with van der Waals surface area (Å²) in [6, 6.07) is 7.53. The van der Waals surface area contributed by atoms with E-state index in [0.29, 0.717) is 5.82 Å². The van der Waals surface area contributed by atoms with Crippen molar-refractivity contribution in [1.29, 1.82) is 0 Å². The Bertz CT molecular complexity index is 833. The van der Waals surface area contributed by atoms with Gasteiger partial charge >= 0.3 is 0 Å². The summed E-state index contributed by atoms with van der Waals surface area (Å²) < 4.78 is 0.916. The number of aromatic amines is 1. The molecule has 0 unspecified atom stereocenters. The van der Waals surface area contributed by atoms with Crippen molar-refractivity contribution in [3.63, 3.8) is 0 Å². The van der Waals surface area contributed by atoms with E-state index in [0.717, 1.165) is 10.0 Å². The molecule has 0 spiro atoms. The van der Waals surface area contributed by atoms with Gasteiger partial charge < -0.3 is 5.73 Å². The van der Waals surface area contributed by atoms with Gasteiger partial charge in [0, 0.05) is 22.4 Å². The lowest BCUT2D eigenvalue weighted by Gasteiger charge is -2.01. The Kier molecular flexibility index (Phi) is 3.79. The zero-order valence-electron chi connectivity index (χ0n) is 11.1. The minimum Gasteiger partial charge on any atom is -0.382 e. The van der Waals surface area contributed by atoms with E-state index in [4.69, 9.17) is 5.73 Å². The molecule has 3 aromatic rings. The van der Waals surface area contributed by atoms with E-state index >= 15 is 0 Å². The number of H-pyrrole nitrogens is 1. The van der Waals surface area contributed by atoms with E-state index in [2.05, 4.69) is 46.4 Å². The second-order valence-electron chi connectivity index (χ2n) is 4.26. The first-order valence-electron chi connectivity index (χ1n) is 6.19. The Morgan fingerprint density at radius 3 is 2.86 bits per heavy atom. The number of benzene rings is 1. The van der Waals surface area contributed by atoms with Crippen molar-refractivity contribution in [3.8, 4) is 11.4 Å². The van der Waals surface area contributed by atoms with E-state index in [-0.39, 0.29) is 17.5 Å². The number of nitrogens with two attached hydrogens (primary N) is 1. The molecule has 110 valence electrons. The minimum atomic E-state index is -0.523. The predicted octanol–water partition coefficient (Wildman–Crippen LogP) is 1.86. The number of hydrogen-bond donors (Lipinski definition) is 3. The highest BCUT2D eigenvalue weighted by atomic mass is 79.9. The van der Waals surface area contributed by atoms with Crippen LogP contribution in [0.2, 0.25) is 0 Å². The van der Waals surface area contributed by atoms with Gasteiger partial charge in [0.05, 0.1) is 0 Å². The number of anilines is 2. The van der Waals surface area contributed by atoms with Crippen LogP contribution < -0.4 is 11.1 Å². The summed E-state index contributed by atoms with van der Waals surface area (Å²) in [6.07, 6.45) is 2.79. The lowest BCUT2D eigenvalue weighted by Crippen LogP contribution is -2.17. The van der Waals surface area contributed by atoms with Crippen molar-refractivity contribution in [2.24, 2.45) is 0 Å². The first-order valence-corrected chi connectivity index (χ1v) is 6.99. The molecule has 0 saturated carbocycles. The lowest BCUT2D eigenvalue weighted by molar-refractivity contribution is 0.102. The smallest absolute Gasteiger partial charge is 0.280 e. The number of rotatable bonds is 3.